The number of hydrogen-bond acceptors (Lipinski definition) is 4. The first-order valence-electron chi connectivity index (χ1n) is 7.68. The summed E-state index contributed by atoms with van der Waals surface area (Å²) in [6.07, 6.45) is 3.36. The summed E-state index contributed by atoms with van der Waals surface area (Å²) < 4.78 is 0. The Morgan fingerprint density at radius 1 is 1.30 bits per heavy atom. The third-order valence-electron chi connectivity index (χ3n) is 4.17. The molecule has 0 unspecified atom stereocenters. The average Bonchev–Trinajstić information content (AvgIpc) is 3.06. The van der Waals surface area contributed by atoms with Crippen molar-refractivity contribution in [3.63, 3.8) is 0 Å². The molecule has 23 heavy (non-hydrogen) atoms. The van der Waals surface area contributed by atoms with Crippen molar-refractivity contribution < 1.29 is 4.79 Å². The van der Waals surface area contributed by atoms with E-state index in [1.165, 1.54) is 0 Å². The third-order valence-corrected chi connectivity index (χ3v) is 4.39. The Bertz CT molecular complexity index is 662. The normalized spacial score (nSPS) is 21.8. The highest BCUT2D eigenvalue weighted by molar-refractivity contribution is 6.30. The second-order valence-corrected chi connectivity index (χ2v) is 6.19. The summed E-state index contributed by atoms with van der Waals surface area (Å²) in [4.78, 5) is 21.3. The number of pyridine rings is 2. The number of amides is 1. The molecule has 0 spiro atoms. The second-order valence-electron chi connectivity index (χ2n) is 5.76. The smallest absolute Gasteiger partial charge is 0.225 e. The Balaban J connectivity index is 1.69. The molecule has 2 aromatic heterocycles. The summed E-state index contributed by atoms with van der Waals surface area (Å²) in [5, 5.41) is 6.94. The molecule has 120 valence electrons. The lowest BCUT2D eigenvalue weighted by molar-refractivity contribution is -0.125. The number of nitrogens with zero attached hydrogens (tertiary/aromatic N) is 2. The Morgan fingerprint density at radius 2 is 2.17 bits per heavy atom. The van der Waals surface area contributed by atoms with Crippen LogP contribution >= 0.6 is 11.6 Å². The van der Waals surface area contributed by atoms with Crippen molar-refractivity contribution in [3.8, 4) is 0 Å². The molecule has 0 bridgehead atoms. The van der Waals surface area contributed by atoms with Crippen molar-refractivity contribution in [1.82, 2.24) is 20.6 Å². The molecule has 2 N–H and O–H groups in total. The summed E-state index contributed by atoms with van der Waals surface area (Å²) in [5.74, 6) is -0.0621. The van der Waals surface area contributed by atoms with Gasteiger partial charge < -0.3 is 10.6 Å². The Hall–Kier alpha value is -1.98. The molecule has 3 rings (SSSR count). The van der Waals surface area contributed by atoms with E-state index in [1.54, 1.807) is 12.4 Å². The SMILES string of the molecule is C[C@H](NC(=O)[C@@H]1CNC[C@H]1c1ccc(Cl)cn1)c1ccccn1. The van der Waals surface area contributed by atoms with E-state index >= 15 is 0 Å². The number of carbonyl (C=O) groups is 1. The van der Waals surface area contributed by atoms with Crippen LogP contribution in [0.25, 0.3) is 0 Å². The highest BCUT2D eigenvalue weighted by atomic mass is 35.5. The van der Waals surface area contributed by atoms with Crippen LogP contribution in [0.1, 0.15) is 30.3 Å². The lowest BCUT2D eigenvalue weighted by Crippen LogP contribution is -2.36. The summed E-state index contributed by atoms with van der Waals surface area (Å²) in [7, 11) is 0. The molecule has 2 aromatic rings. The standard InChI is InChI=1S/C17H19ClN4O/c1-11(15-4-2-3-7-20-15)22-17(23)14-10-19-9-13(14)16-6-5-12(18)8-21-16/h2-8,11,13-14,19H,9-10H2,1H3,(H,22,23)/t11-,13+,14+/m0/s1. The number of hydrogen-bond donors (Lipinski definition) is 2. The van der Waals surface area contributed by atoms with Crippen molar-refractivity contribution in [2.24, 2.45) is 5.92 Å². The van der Waals surface area contributed by atoms with Gasteiger partial charge in [0.15, 0.2) is 0 Å². The van der Waals surface area contributed by atoms with Crippen LogP contribution < -0.4 is 10.6 Å². The monoisotopic (exact) mass is 330 g/mol. The van der Waals surface area contributed by atoms with Crippen LogP contribution in [0, 0.1) is 5.92 Å². The van der Waals surface area contributed by atoms with E-state index in [1.807, 2.05) is 37.3 Å². The first-order valence-corrected chi connectivity index (χ1v) is 8.06. The third kappa shape index (κ3) is 3.68. The van der Waals surface area contributed by atoms with Crippen LogP contribution in [0.5, 0.6) is 0 Å². The van der Waals surface area contributed by atoms with E-state index in [9.17, 15) is 4.79 Å². The van der Waals surface area contributed by atoms with Crippen molar-refractivity contribution in [2.75, 3.05) is 13.1 Å². The van der Waals surface area contributed by atoms with Crippen LogP contribution in [0.3, 0.4) is 0 Å². The van der Waals surface area contributed by atoms with E-state index in [4.69, 9.17) is 11.6 Å². The fraction of sp³-hybridized carbons (Fsp3) is 0.353. The van der Waals surface area contributed by atoms with Gasteiger partial charge in [-0.15, -0.1) is 0 Å². The minimum Gasteiger partial charge on any atom is -0.348 e. The largest absolute Gasteiger partial charge is 0.348 e. The highest BCUT2D eigenvalue weighted by Crippen LogP contribution is 2.28. The zero-order valence-electron chi connectivity index (χ0n) is 12.9. The van der Waals surface area contributed by atoms with Crippen molar-refractivity contribution >= 4 is 17.5 Å². The number of nitrogens with one attached hydrogen (secondary N) is 2. The van der Waals surface area contributed by atoms with Crippen molar-refractivity contribution in [3.05, 3.63) is 59.1 Å². The summed E-state index contributed by atoms with van der Waals surface area (Å²) in [6.45, 7) is 3.33. The molecule has 1 aliphatic rings. The fourth-order valence-electron chi connectivity index (χ4n) is 2.90. The van der Waals surface area contributed by atoms with E-state index in [0.29, 0.717) is 11.6 Å². The minimum absolute atomic E-state index is 0.0231. The Morgan fingerprint density at radius 3 is 2.87 bits per heavy atom. The van der Waals surface area contributed by atoms with Gasteiger partial charge in [-0.25, -0.2) is 0 Å². The van der Waals surface area contributed by atoms with Gasteiger partial charge in [-0.1, -0.05) is 17.7 Å². The summed E-state index contributed by atoms with van der Waals surface area (Å²) >= 11 is 5.89. The van der Waals surface area contributed by atoms with Gasteiger partial charge >= 0.3 is 0 Å². The topological polar surface area (TPSA) is 66.9 Å². The van der Waals surface area contributed by atoms with Crippen LogP contribution in [0.15, 0.2) is 42.7 Å². The first-order chi connectivity index (χ1) is 11.1. The lowest BCUT2D eigenvalue weighted by atomic mass is 9.91. The van der Waals surface area contributed by atoms with E-state index in [2.05, 4.69) is 20.6 Å². The van der Waals surface area contributed by atoms with Gasteiger partial charge in [-0.3, -0.25) is 14.8 Å². The van der Waals surface area contributed by atoms with E-state index in [-0.39, 0.29) is 23.8 Å². The Kier molecular flexibility index (Phi) is 4.88. The zero-order chi connectivity index (χ0) is 16.2. The molecule has 0 aromatic carbocycles. The number of halogens is 1. The van der Waals surface area contributed by atoms with Crippen molar-refractivity contribution in [1.29, 1.82) is 0 Å². The molecular weight excluding hydrogens is 312 g/mol. The number of rotatable bonds is 4. The van der Waals surface area contributed by atoms with Gasteiger partial charge in [0.05, 0.1) is 22.7 Å². The molecule has 3 heterocycles. The molecule has 1 amide bonds. The molecule has 1 saturated heterocycles. The summed E-state index contributed by atoms with van der Waals surface area (Å²) in [6, 6.07) is 9.28. The van der Waals surface area contributed by atoms with Crippen LogP contribution in [0.4, 0.5) is 0 Å². The number of aromatic nitrogens is 2. The maximum absolute atomic E-state index is 12.6. The van der Waals surface area contributed by atoms with Crippen molar-refractivity contribution in [2.45, 2.75) is 18.9 Å². The lowest BCUT2D eigenvalue weighted by Gasteiger charge is -2.20. The molecule has 0 saturated carbocycles. The predicted molar refractivity (Wildman–Crippen MR) is 89.1 cm³/mol. The quantitative estimate of drug-likeness (QED) is 0.902. The van der Waals surface area contributed by atoms with Gasteiger partial charge in [0.1, 0.15) is 0 Å². The minimum atomic E-state index is -0.144. The molecular formula is C17H19ClN4O. The van der Waals surface area contributed by atoms with Gasteiger partial charge in [0, 0.05) is 37.1 Å². The molecule has 0 radical (unpaired) electrons. The highest BCUT2D eigenvalue weighted by Gasteiger charge is 2.35. The van der Waals surface area contributed by atoms with E-state index < -0.39 is 0 Å². The maximum atomic E-state index is 12.6. The molecule has 6 heteroatoms. The molecule has 1 aliphatic heterocycles. The van der Waals surface area contributed by atoms with E-state index in [0.717, 1.165) is 17.9 Å². The molecule has 0 aliphatic carbocycles. The van der Waals surface area contributed by atoms with Crippen LogP contribution in [-0.2, 0) is 4.79 Å². The zero-order valence-corrected chi connectivity index (χ0v) is 13.6. The van der Waals surface area contributed by atoms with Gasteiger partial charge in [0.25, 0.3) is 0 Å². The number of carbonyl (C=O) groups excluding carboxylic acids is 1. The predicted octanol–water partition coefficient (Wildman–Crippen LogP) is 2.31. The van der Waals surface area contributed by atoms with Gasteiger partial charge in [0.2, 0.25) is 5.91 Å². The molecule has 3 atom stereocenters. The maximum Gasteiger partial charge on any atom is 0.225 e. The van der Waals surface area contributed by atoms with Crippen LogP contribution in [-0.4, -0.2) is 29.0 Å². The van der Waals surface area contributed by atoms with Gasteiger partial charge in [-0.05, 0) is 31.2 Å². The first kappa shape index (κ1) is 15.9. The summed E-state index contributed by atoms with van der Waals surface area (Å²) in [5.41, 5.74) is 1.75. The molecule has 5 nitrogen and oxygen atoms in total. The second kappa shape index (κ2) is 7.06. The Labute approximate surface area is 140 Å². The molecule has 1 fully saturated rings. The van der Waals surface area contributed by atoms with Gasteiger partial charge in [-0.2, -0.15) is 0 Å². The van der Waals surface area contributed by atoms with Crippen LogP contribution in [0.2, 0.25) is 5.02 Å². The fourth-order valence-corrected chi connectivity index (χ4v) is 3.01. The average molecular weight is 331 g/mol.